The number of nitrogens with one attached hydrogen (secondary N) is 2. The van der Waals surface area contributed by atoms with Crippen LogP contribution in [-0.4, -0.2) is 29.7 Å². The summed E-state index contributed by atoms with van der Waals surface area (Å²) in [5.41, 5.74) is 0. The zero-order valence-electron chi connectivity index (χ0n) is 9.22. The fraction of sp³-hybridized carbons (Fsp3) is 0.700. The minimum atomic E-state index is -0.763. The van der Waals surface area contributed by atoms with E-state index < -0.39 is 5.97 Å². The van der Waals surface area contributed by atoms with Crippen molar-refractivity contribution >= 4 is 28.6 Å². The van der Waals surface area contributed by atoms with Crippen LogP contribution in [0.25, 0.3) is 0 Å². The Morgan fingerprint density at radius 1 is 1.53 bits per heavy atom. The van der Waals surface area contributed by atoms with E-state index in [4.69, 9.17) is 5.11 Å². The Bertz CT molecular complexity index is 219. The Morgan fingerprint density at radius 3 is 2.53 bits per heavy atom. The zero-order chi connectivity index (χ0) is 11.8. The third-order valence-electron chi connectivity index (χ3n) is 1.80. The van der Waals surface area contributed by atoms with Crippen LogP contribution < -0.4 is 10.6 Å². The SMILES string of the molecule is C=C(I)NCCC(CC(=O)O)NC(C)C. The van der Waals surface area contributed by atoms with Crippen LogP contribution in [0.3, 0.4) is 0 Å². The maximum atomic E-state index is 10.6. The lowest BCUT2D eigenvalue weighted by atomic mass is 10.1. The van der Waals surface area contributed by atoms with E-state index in [0.29, 0.717) is 6.04 Å². The first-order chi connectivity index (χ1) is 6.91. The molecule has 5 heteroatoms. The van der Waals surface area contributed by atoms with Crippen molar-refractivity contribution in [2.75, 3.05) is 6.54 Å². The lowest BCUT2D eigenvalue weighted by Crippen LogP contribution is -2.38. The topological polar surface area (TPSA) is 61.4 Å². The van der Waals surface area contributed by atoms with Crippen LogP contribution in [0.15, 0.2) is 10.3 Å². The molecule has 88 valence electrons. The summed E-state index contributed by atoms with van der Waals surface area (Å²) >= 11 is 2.10. The smallest absolute Gasteiger partial charge is 0.304 e. The fourth-order valence-electron chi connectivity index (χ4n) is 1.31. The zero-order valence-corrected chi connectivity index (χ0v) is 11.4. The number of carboxylic acids is 1. The van der Waals surface area contributed by atoms with Gasteiger partial charge < -0.3 is 15.7 Å². The summed E-state index contributed by atoms with van der Waals surface area (Å²) in [5.74, 6) is -0.763. The normalized spacial score (nSPS) is 12.5. The molecule has 0 aromatic rings. The van der Waals surface area contributed by atoms with Crippen molar-refractivity contribution in [3.8, 4) is 0 Å². The first-order valence-electron chi connectivity index (χ1n) is 4.98. The van der Waals surface area contributed by atoms with E-state index >= 15 is 0 Å². The predicted octanol–water partition coefficient (Wildman–Crippen LogP) is 1.71. The van der Waals surface area contributed by atoms with Gasteiger partial charge in [-0.2, -0.15) is 0 Å². The lowest BCUT2D eigenvalue weighted by Gasteiger charge is -2.19. The molecule has 0 aliphatic rings. The molecule has 0 bridgehead atoms. The average Bonchev–Trinajstić information content (AvgIpc) is 2.00. The number of hydrogen-bond acceptors (Lipinski definition) is 3. The van der Waals surface area contributed by atoms with Gasteiger partial charge in [-0.05, 0) is 29.0 Å². The van der Waals surface area contributed by atoms with Gasteiger partial charge >= 0.3 is 5.97 Å². The summed E-state index contributed by atoms with van der Waals surface area (Å²) in [4.78, 5) is 10.6. The molecule has 0 aromatic heterocycles. The van der Waals surface area contributed by atoms with Gasteiger partial charge in [-0.1, -0.05) is 20.4 Å². The van der Waals surface area contributed by atoms with E-state index in [1.54, 1.807) is 0 Å². The van der Waals surface area contributed by atoms with Crippen molar-refractivity contribution in [1.29, 1.82) is 0 Å². The monoisotopic (exact) mass is 326 g/mol. The molecule has 4 nitrogen and oxygen atoms in total. The van der Waals surface area contributed by atoms with E-state index in [2.05, 4.69) is 39.8 Å². The second-order valence-corrected chi connectivity index (χ2v) is 5.04. The highest BCUT2D eigenvalue weighted by atomic mass is 127. The van der Waals surface area contributed by atoms with Gasteiger partial charge in [-0.25, -0.2) is 0 Å². The minimum Gasteiger partial charge on any atom is -0.481 e. The lowest BCUT2D eigenvalue weighted by molar-refractivity contribution is -0.137. The Kier molecular flexibility index (Phi) is 7.76. The predicted molar refractivity (Wildman–Crippen MR) is 70.1 cm³/mol. The van der Waals surface area contributed by atoms with Gasteiger partial charge in [0.1, 0.15) is 0 Å². The number of carboxylic acid groups (broad SMARTS) is 1. The van der Waals surface area contributed by atoms with Gasteiger partial charge in [-0.15, -0.1) is 0 Å². The number of aliphatic carboxylic acids is 1. The van der Waals surface area contributed by atoms with Gasteiger partial charge in [0, 0.05) is 18.6 Å². The molecule has 1 atom stereocenters. The van der Waals surface area contributed by atoms with Gasteiger partial charge in [-0.3, -0.25) is 4.79 Å². The van der Waals surface area contributed by atoms with Crippen LogP contribution in [0.5, 0.6) is 0 Å². The van der Waals surface area contributed by atoms with E-state index in [1.165, 1.54) is 0 Å². The molecule has 0 spiro atoms. The molecule has 0 rings (SSSR count). The molecule has 0 saturated carbocycles. The Morgan fingerprint density at radius 2 is 2.13 bits per heavy atom. The van der Waals surface area contributed by atoms with E-state index in [9.17, 15) is 4.79 Å². The van der Waals surface area contributed by atoms with E-state index in [0.717, 1.165) is 16.7 Å². The van der Waals surface area contributed by atoms with Gasteiger partial charge in [0.15, 0.2) is 0 Å². The molecule has 0 aromatic carbocycles. The molecule has 3 N–H and O–H groups in total. The molecular weight excluding hydrogens is 307 g/mol. The van der Waals surface area contributed by atoms with Crippen molar-refractivity contribution in [1.82, 2.24) is 10.6 Å². The highest BCUT2D eigenvalue weighted by Gasteiger charge is 2.13. The largest absolute Gasteiger partial charge is 0.481 e. The maximum absolute atomic E-state index is 10.6. The highest BCUT2D eigenvalue weighted by Crippen LogP contribution is 2.02. The molecule has 0 fully saturated rings. The van der Waals surface area contributed by atoms with Crippen molar-refractivity contribution in [2.45, 2.75) is 38.8 Å². The van der Waals surface area contributed by atoms with Crippen molar-refractivity contribution in [3.63, 3.8) is 0 Å². The van der Waals surface area contributed by atoms with E-state index in [1.807, 2.05) is 13.8 Å². The molecule has 15 heavy (non-hydrogen) atoms. The summed E-state index contributed by atoms with van der Waals surface area (Å²) in [7, 11) is 0. The van der Waals surface area contributed by atoms with E-state index in [-0.39, 0.29) is 12.5 Å². The van der Waals surface area contributed by atoms with Crippen LogP contribution >= 0.6 is 22.6 Å². The number of rotatable bonds is 8. The highest BCUT2D eigenvalue weighted by molar-refractivity contribution is 14.1. The summed E-state index contributed by atoms with van der Waals surface area (Å²) in [6, 6.07) is 0.322. The molecular formula is C10H19IN2O2. The summed E-state index contributed by atoms with van der Waals surface area (Å²) < 4.78 is 0.881. The Labute approximate surface area is 105 Å². The summed E-state index contributed by atoms with van der Waals surface area (Å²) in [6.45, 7) is 8.49. The molecule has 0 heterocycles. The third kappa shape index (κ3) is 9.99. The van der Waals surface area contributed by atoms with Gasteiger partial charge in [0.05, 0.1) is 10.1 Å². The number of hydrogen-bond donors (Lipinski definition) is 3. The Balaban J connectivity index is 3.89. The van der Waals surface area contributed by atoms with Crippen molar-refractivity contribution < 1.29 is 9.90 Å². The minimum absolute atomic E-state index is 0.0192. The number of halogens is 1. The average molecular weight is 326 g/mol. The standard InChI is InChI=1S/C10H19IN2O2/c1-7(2)13-9(6-10(14)15)4-5-12-8(3)11/h7,9,12-13H,3-6H2,1-2H3,(H,14,15). The second-order valence-electron chi connectivity index (χ2n) is 3.74. The molecule has 0 amide bonds. The van der Waals surface area contributed by atoms with Crippen LogP contribution in [0, 0.1) is 0 Å². The molecule has 0 radical (unpaired) electrons. The van der Waals surface area contributed by atoms with Crippen LogP contribution in [0.4, 0.5) is 0 Å². The first kappa shape index (κ1) is 14.7. The van der Waals surface area contributed by atoms with Gasteiger partial charge in [0.25, 0.3) is 0 Å². The maximum Gasteiger partial charge on any atom is 0.304 e. The first-order valence-corrected chi connectivity index (χ1v) is 6.05. The Hall–Kier alpha value is -0.300. The summed E-state index contributed by atoms with van der Waals surface area (Å²) in [6.07, 6.45) is 0.945. The van der Waals surface area contributed by atoms with Crippen LogP contribution in [0.1, 0.15) is 26.7 Å². The van der Waals surface area contributed by atoms with Crippen LogP contribution in [-0.2, 0) is 4.79 Å². The molecule has 1 unspecified atom stereocenters. The third-order valence-corrected chi connectivity index (χ3v) is 2.18. The summed E-state index contributed by atoms with van der Waals surface area (Å²) in [5, 5.41) is 15.0. The number of carbonyl (C=O) groups is 1. The molecule has 0 aliphatic carbocycles. The second kappa shape index (κ2) is 7.92. The van der Waals surface area contributed by atoms with Gasteiger partial charge in [0.2, 0.25) is 0 Å². The fourth-order valence-corrected chi connectivity index (χ4v) is 1.58. The van der Waals surface area contributed by atoms with Crippen molar-refractivity contribution in [3.05, 3.63) is 10.3 Å². The molecule has 0 saturated heterocycles. The quantitative estimate of drug-likeness (QED) is 0.469. The molecule has 0 aliphatic heterocycles. The van der Waals surface area contributed by atoms with Crippen molar-refractivity contribution in [2.24, 2.45) is 0 Å². The van der Waals surface area contributed by atoms with Crippen LogP contribution in [0.2, 0.25) is 0 Å².